The summed E-state index contributed by atoms with van der Waals surface area (Å²) in [6, 6.07) is 49.6. The maximum absolute atomic E-state index is 10.9. The summed E-state index contributed by atoms with van der Waals surface area (Å²) in [7, 11) is 0. The molecule has 3 aromatic heterocycles. The third kappa shape index (κ3) is 18.7. The molecule has 32 nitrogen and oxygen atoms in total. The number of nitrogen functional groups attached to an aromatic ring is 1. The molecule has 0 spiro atoms. The lowest BCUT2D eigenvalue weighted by atomic mass is 9.87. The topological polar surface area (TPSA) is 563 Å². The summed E-state index contributed by atoms with van der Waals surface area (Å²) < 4.78 is 22.0. The van der Waals surface area contributed by atoms with E-state index in [-0.39, 0.29) is 0 Å². The van der Waals surface area contributed by atoms with Gasteiger partial charge in [-0.15, -0.1) is 0 Å². The van der Waals surface area contributed by atoms with Gasteiger partial charge in [0.05, 0.1) is 31.9 Å². The highest BCUT2D eigenvalue weighted by atomic mass is 16.6. The second-order valence-corrected chi connectivity index (χ2v) is 31.5. The van der Waals surface area contributed by atoms with Gasteiger partial charge >= 0.3 is 0 Å². The molecule has 5 aliphatic rings. The lowest BCUT2D eigenvalue weighted by molar-refractivity contribution is -0.250. The number of rotatable bonds is 17. The third-order valence-electron chi connectivity index (χ3n) is 23.7. The fourth-order valence-electron chi connectivity index (χ4n) is 16.6. The number of fused-ring (bicyclic) bond motifs is 3. The van der Waals surface area contributed by atoms with E-state index in [2.05, 4.69) is 42.3 Å². The van der Waals surface area contributed by atoms with E-state index >= 15 is 0 Å². The first-order valence-electron chi connectivity index (χ1n) is 40.1. The van der Waals surface area contributed by atoms with Crippen LogP contribution in [-0.2, 0) is 18.9 Å². The SMILES string of the molecule is C=C1NC=Cc2c1cccc2-c1ccc([C@@H](O)[C@H]2OC(CO)[C@@H](O)[C@H](O)C2O)c(C)c1.Cc1cc(-c2ccc3[nH]nc(N)c3c2)ccc1[C@@H](O)[C@H]1OC(CO)[C@@H](O)[C@H](O)C1O.Cc1cc(-c2cccc(-c3ncn[nH]3)c2)ccc1[C@@H](O)[C@H]1OC(CO)[C@@H](O)[C@H](O)C1O.Cc1cc(-c2cccc3c(C)nccc23)ccc1[C@@H](O)[C@H]1OC(CO)[C@@H](O)[C@H](O)C1O. The zero-order valence-electron chi connectivity index (χ0n) is 67.7. The highest BCUT2D eigenvalue weighted by Crippen LogP contribution is 2.42. The van der Waals surface area contributed by atoms with E-state index in [1.807, 2.05) is 180 Å². The van der Waals surface area contributed by atoms with Crippen molar-refractivity contribution < 1.29 is 121 Å². The van der Waals surface area contributed by atoms with Crippen LogP contribution in [0.4, 0.5) is 5.82 Å². The predicted molar refractivity (Wildman–Crippen MR) is 452 cm³/mol. The van der Waals surface area contributed by atoms with Crippen molar-refractivity contribution in [3.8, 4) is 55.9 Å². The van der Waals surface area contributed by atoms with Gasteiger partial charge in [-0.25, -0.2) is 4.98 Å². The smallest absolute Gasteiger partial charge is 0.155 e. The van der Waals surface area contributed by atoms with Crippen molar-refractivity contribution in [2.45, 2.75) is 181 Å². The molecule has 5 aliphatic heterocycles. The first-order valence-corrected chi connectivity index (χ1v) is 40.1. The van der Waals surface area contributed by atoms with Gasteiger partial charge in [-0.1, -0.05) is 140 Å². The number of ether oxygens (including phenoxy) is 4. The van der Waals surface area contributed by atoms with Crippen molar-refractivity contribution in [2.75, 3.05) is 32.2 Å². The fourth-order valence-corrected chi connectivity index (χ4v) is 16.6. The summed E-state index contributed by atoms with van der Waals surface area (Å²) in [5.74, 6) is 1.08. The monoisotopic (exact) mass is 1690 g/mol. The number of nitrogens with one attached hydrogen (secondary N) is 3. The van der Waals surface area contributed by atoms with E-state index in [9.17, 15) is 102 Å². The summed E-state index contributed by atoms with van der Waals surface area (Å²) in [6.07, 6.45) is -25.1. The summed E-state index contributed by atoms with van der Waals surface area (Å²) in [5, 5.41) is 222. The molecule has 4 fully saturated rings. The molecule has 8 unspecified atom stereocenters. The van der Waals surface area contributed by atoms with Crippen molar-refractivity contribution in [1.29, 1.82) is 0 Å². The molecule has 16 rings (SSSR count). The second kappa shape index (κ2) is 39.0. The number of nitrogens with two attached hydrogens (primary N) is 1. The maximum atomic E-state index is 10.9. The molecule has 123 heavy (non-hydrogen) atoms. The molecule has 32 heteroatoms. The Bertz CT molecular complexity index is 5520. The zero-order valence-corrected chi connectivity index (χ0v) is 67.7. The standard InChI is InChI=1S/2C24H27NO6.C22H25N3O6.C21H25N3O6/c2*1-12-10-14(17-5-3-4-16-13(2)25-9-8-18(16)17)6-7-15(12)20(27)24-23(30)22(29)21(28)19(11-26)31-24;1-11-7-13(12-3-2-4-14(8-12)22-23-10-24-25-22)5-6-15(11)17(27)21-20(30)19(29)18(28)16(9-26)31-21;1-9-6-10(11-3-5-14-13(7-11)21(22)24-23-14)2-4-12(9)16(26)20-19(29)18(28)17(27)15(8-25)30-20/h3-10,19-24,26-30H,11H2,1-2H3;3-10,19-30H,2,11H2,1H3;2-8,10,16-21,26-30H,9H2,1H3,(H,23,24,25);2-7,15-20,25-29H,8H2,1H3,(H3,22,23,24)/t2*19?,20-,21-,22+,23?,24-;16?,17-,18-,19+,20?,21-;15?,16-,17-,18+,19?,20-/m1111/s1. The summed E-state index contributed by atoms with van der Waals surface area (Å²) >= 11 is 0. The molecule has 0 radical (unpaired) electrons. The van der Waals surface area contributed by atoms with E-state index in [1.165, 1.54) is 6.33 Å². The van der Waals surface area contributed by atoms with Crippen molar-refractivity contribution in [1.82, 2.24) is 35.7 Å². The Morgan fingerprint density at radius 1 is 0.382 bits per heavy atom. The average Bonchev–Trinajstić information content (AvgIpc) is 1.78. The first-order chi connectivity index (χ1) is 58.9. The largest absolute Gasteiger partial charge is 0.394 e. The van der Waals surface area contributed by atoms with Crippen LogP contribution in [0.2, 0.25) is 0 Å². The van der Waals surface area contributed by atoms with E-state index in [0.717, 1.165) is 117 Å². The molecule has 8 aromatic carbocycles. The van der Waals surface area contributed by atoms with Gasteiger partial charge in [0.25, 0.3) is 0 Å². The first kappa shape index (κ1) is 90.6. The van der Waals surface area contributed by atoms with Crippen LogP contribution in [0.25, 0.3) is 89.3 Å². The number of aliphatic hydroxyl groups excluding tert-OH is 20. The molecule has 4 saturated heterocycles. The number of benzene rings is 8. The average molecular weight is 1690 g/mol. The molecule has 24 atom stereocenters. The summed E-state index contributed by atoms with van der Waals surface area (Å²) in [4.78, 5) is 8.52. The Labute approximate surface area is 706 Å². The van der Waals surface area contributed by atoms with Crippen molar-refractivity contribution in [2.24, 2.45) is 0 Å². The predicted octanol–water partition coefficient (Wildman–Crippen LogP) is 2.80. The normalized spacial score (nSPS) is 27.8. The Morgan fingerprint density at radius 2 is 0.764 bits per heavy atom. The molecule has 0 amide bonds. The Balaban J connectivity index is 0.000000141. The molecule has 652 valence electrons. The lowest BCUT2D eigenvalue weighted by Gasteiger charge is -2.42. The number of pyridine rings is 1. The highest BCUT2D eigenvalue weighted by molar-refractivity contribution is 5.98. The summed E-state index contributed by atoms with van der Waals surface area (Å²) in [6.45, 7) is 11.2. The number of aromatic nitrogens is 6. The van der Waals surface area contributed by atoms with Gasteiger partial charge in [-0.05, 0) is 165 Å². The number of hydrogen-bond acceptors (Lipinski definition) is 30. The van der Waals surface area contributed by atoms with Crippen LogP contribution in [-0.4, -0.2) is 281 Å². The van der Waals surface area contributed by atoms with Crippen molar-refractivity contribution in [3.63, 3.8) is 0 Å². The van der Waals surface area contributed by atoms with Crippen LogP contribution >= 0.6 is 0 Å². The number of aliphatic hydroxyl groups is 20. The van der Waals surface area contributed by atoms with Gasteiger partial charge < -0.3 is 132 Å². The molecule has 25 N–H and O–H groups in total. The Morgan fingerprint density at radius 3 is 1.20 bits per heavy atom. The minimum absolute atomic E-state index is 0.415. The Kier molecular flexibility index (Phi) is 28.7. The van der Waals surface area contributed by atoms with E-state index < -0.39 is 173 Å². The van der Waals surface area contributed by atoms with Gasteiger partial charge in [0.15, 0.2) is 11.6 Å². The van der Waals surface area contributed by atoms with E-state index in [1.54, 1.807) is 30.5 Å². The quantitative estimate of drug-likeness (QED) is 0.0623. The minimum Gasteiger partial charge on any atom is -0.394 e. The molecule has 0 bridgehead atoms. The number of H-pyrrole nitrogens is 2. The van der Waals surface area contributed by atoms with Crippen LogP contribution in [0.15, 0.2) is 183 Å². The van der Waals surface area contributed by atoms with Crippen LogP contribution in [0.1, 0.15) is 85.7 Å². The van der Waals surface area contributed by atoms with Gasteiger partial charge in [0.2, 0.25) is 0 Å². The molecule has 11 aromatic rings. The lowest BCUT2D eigenvalue weighted by Crippen LogP contribution is -2.59. The highest BCUT2D eigenvalue weighted by Gasteiger charge is 2.51. The van der Waals surface area contributed by atoms with Gasteiger partial charge in [-0.3, -0.25) is 15.2 Å². The van der Waals surface area contributed by atoms with E-state index in [4.69, 9.17) is 24.7 Å². The number of hydrogen-bond donors (Lipinski definition) is 24. The van der Waals surface area contributed by atoms with Gasteiger partial charge in [0.1, 0.15) is 153 Å². The number of nitrogens with zero attached hydrogens (tertiary/aromatic N) is 4. The van der Waals surface area contributed by atoms with Crippen molar-refractivity contribution >= 4 is 39.3 Å². The molecular formula is C91H104N8O24. The second-order valence-electron chi connectivity index (χ2n) is 31.5. The maximum Gasteiger partial charge on any atom is 0.155 e. The van der Waals surface area contributed by atoms with Crippen molar-refractivity contribution in [3.05, 3.63) is 244 Å². The number of aromatic amines is 2. The minimum atomic E-state index is -1.54. The van der Waals surface area contributed by atoms with Gasteiger partial charge in [-0.2, -0.15) is 10.2 Å². The van der Waals surface area contributed by atoms with Gasteiger partial charge in [0, 0.05) is 45.7 Å². The number of aryl methyl sites for hydroxylation is 5. The number of anilines is 1. The molecular weight excluding hydrogens is 1590 g/mol. The molecule has 0 saturated carbocycles. The fraction of sp³-hybridized carbons (Fsp3) is 0.363. The summed E-state index contributed by atoms with van der Waals surface area (Å²) in [5.41, 5.74) is 24.3. The van der Waals surface area contributed by atoms with Crippen LogP contribution in [0, 0.1) is 34.6 Å². The van der Waals surface area contributed by atoms with Crippen LogP contribution < -0.4 is 11.1 Å². The molecule has 8 heterocycles. The molecule has 0 aliphatic carbocycles. The van der Waals surface area contributed by atoms with E-state index in [0.29, 0.717) is 33.9 Å². The third-order valence-corrected chi connectivity index (χ3v) is 23.7. The van der Waals surface area contributed by atoms with Crippen LogP contribution in [0.3, 0.4) is 0 Å². The van der Waals surface area contributed by atoms with Crippen LogP contribution in [0.5, 0.6) is 0 Å². The zero-order chi connectivity index (χ0) is 88.3. The Hall–Kier alpha value is -10.1.